The van der Waals surface area contributed by atoms with Crippen LogP contribution in [0.2, 0.25) is 0 Å². The Bertz CT molecular complexity index is 346. The molecule has 1 saturated heterocycles. The second kappa shape index (κ2) is 5.86. The van der Waals surface area contributed by atoms with E-state index in [1.54, 1.807) is 10.9 Å². The fraction of sp³-hybridized carbons (Fsp3) is 0.600. The highest BCUT2D eigenvalue weighted by molar-refractivity contribution is 5.85. The van der Waals surface area contributed by atoms with Gasteiger partial charge in [0.05, 0.1) is 12.2 Å². The van der Waals surface area contributed by atoms with Crippen LogP contribution in [0.15, 0.2) is 12.4 Å². The number of carbonyl (C=O) groups excluding carboxylic acids is 1. The minimum Gasteiger partial charge on any atom is -0.351 e. The zero-order valence-corrected chi connectivity index (χ0v) is 10.1. The molecule has 6 heteroatoms. The average molecular weight is 245 g/mol. The summed E-state index contributed by atoms with van der Waals surface area (Å²) in [5.41, 5.74) is 1.03. The van der Waals surface area contributed by atoms with E-state index < -0.39 is 0 Å². The number of halogens is 1. The summed E-state index contributed by atoms with van der Waals surface area (Å²) in [4.78, 5) is 11.6. The molecule has 90 valence electrons. The van der Waals surface area contributed by atoms with Gasteiger partial charge in [0, 0.05) is 25.4 Å². The molecule has 2 N–H and O–H groups in total. The Hall–Kier alpha value is -1.07. The number of nitrogens with one attached hydrogen (secondary N) is 2. The topological polar surface area (TPSA) is 59.0 Å². The molecule has 1 fully saturated rings. The van der Waals surface area contributed by atoms with Gasteiger partial charge in [-0.15, -0.1) is 12.4 Å². The fourth-order valence-electron chi connectivity index (χ4n) is 1.78. The lowest BCUT2D eigenvalue weighted by atomic mass is 10.2. The van der Waals surface area contributed by atoms with Crippen LogP contribution in [0.1, 0.15) is 18.4 Å². The maximum atomic E-state index is 11.6. The normalized spacial score (nSPS) is 19.2. The van der Waals surface area contributed by atoms with Gasteiger partial charge in [-0.2, -0.15) is 5.10 Å². The molecule has 1 aromatic heterocycles. The summed E-state index contributed by atoms with van der Waals surface area (Å²) in [6, 6.07) is 0.00155. The number of aryl methyl sites for hydroxylation is 1. The molecule has 16 heavy (non-hydrogen) atoms. The van der Waals surface area contributed by atoms with Crippen molar-refractivity contribution in [1.82, 2.24) is 20.4 Å². The molecule has 1 aliphatic rings. The number of nitrogens with zero attached hydrogens (tertiary/aromatic N) is 2. The smallest absolute Gasteiger partial charge is 0.237 e. The molecule has 0 radical (unpaired) electrons. The molecule has 1 aromatic rings. The fourth-order valence-corrected chi connectivity index (χ4v) is 1.78. The Labute approximate surface area is 101 Å². The average Bonchev–Trinajstić information content (AvgIpc) is 2.84. The summed E-state index contributed by atoms with van der Waals surface area (Å²) in [6.07, 6.45) is 5.70. The number of rotatable bonds is 3. The maximum absolute atomic E-state index is 11.6. The highest BCUT2D eigenvalue weighted by Crippen LogP contribution is 2.05. The van der Waals surface area contributed by atoms with Gasteiger partial charge in [0.25, 0.3) is 0 Å². The number of carbonyl (C=O) groups is 1. The first-order valence-electron chi connectivity index (χ1n) is 5.24. The summed E-state index contributed by atoms with van der Waals surface area (Å²) in [6.45, 7) is 1.51. The van der Waals surface area contributed by atoms with Crippen LogP contribution in [0.25, 0.3) is 0 Å². The highest BCUT2D eigenvalue weighted by atomic mass is 35.5. The molecule has 1 atom stereocenters. The first kappa shape index (κ1) is 13.0. The Morgan fingerprint density at radius 1 is 1.75 bits per heavy atom. The van der Waals surface area contributed by atoms with Crippen LogP contribution in [0.4, 0.5) is 0 Å². The van der Waals surface area contributed by atoms with Crippen molar-refractivity contribution in [2.45, 2.75) is 25.4 Å². The first-order chi connectivity index (χ1) is 7.25. The first-order valence-corrected chi connectivity index (χ1v) is 5.24. The van der Waals surface area contributed by atoms with E-state index in [0.29, 0.717) is 6.54 Å². The van der Waals surface area contributed by atoms with Crippen molar-refractivity contribution < 1.29 is 4.79 Å². The summed E-state index contributed by atoms with van der Waals surface area (Å²) in [7, 11) is 1.86. The molecule has 5 nitrogen and oxygen atoms in total. The Morgan fingerprint density at radius 2 is 2.56 bits per heavy atom. The SMILES string of the molecule is Cl.Cn1cc(CNC(=O)[C@@H]2CCCN2)cn1. The third kappa shape index (κ3) is 3.21. The van der Waals surface area contributed by atoms with E-state index in [1.807, 2.05) is 13.2 Å². The number of aromatic nitrogens is 2. The minimum absolute atomic E-state index is 0. The van der Waals surface area contributed by atoms with Gasteiger partial charge in [-0.1, -0.05) is 0 Å². The quantitative estimate of drug-likeness (QED) is 0.799. The molecule has 0 aromatic carbocycles. The van der Waals surface area contributed by atoms with Crippen LogP contribution < -0.4 is 10.6 Å². The number of hydrogen-bond acceptors (Lipinski definition) is 3. The molecule has 0 saturated carbocycles. The molecule has 0 aliphatic carbocycles. The molecule has 2 rings (SSSR count). The standard InChI is InChI=1S/C10H16N4O.ClH/c1-14-7-8(6-13-14)5-12-10(15)9-3-2-4-11-9;/h6-7,9,11H,2-5H2,1H3,(H,12,15);1H/t9-;/m0./s1. The number of hydrogen-bond donors (Lipinski definition) is 2. The van der Waals surface area contributed by atoms with Crippen molar-refractivity contribution in [3.05, 3.63) is 18.0 Å². The lowest BCUT2D eigenvalue weighted by Gasteiger charge is -2.09. The summed E-state index contributed by atoms with van der Waals surface area (Å²) < 4.78 is 1.73. The van der Waals surface area contributed by atoms with Crippen LogP contribution in [0.3, 0.4) is 0 Å². The molecule has 2 heterocycles. The van der Waals surface area contributed by atoms with Crippen LogP contribution in [0.5, 0.6) is 0 Å². The number of amides is 1. The van der Waals surface area contributed by atoms with Crippen molar-refractivity contribution in [3.63, 3.8) is 0 Å². The van der Waals surface area contributed by atoms with Gasteiger partial charge in [-0.3, -0.25) is 9.48 Å². The van der Waals surface area contributed by atoms with Crippen molar-refractivity contribution >= 4 is 18.3 Å². The van der Waals surface area contributed by atoms with Crippen LogP contribution in [0, 0.1) is 0 Å². The van der Waals surface area contributed by atoms with Crippen molar-refractivity contribution in [1.29, 1.82) is 0 Å². The van der Waals surface area contributed by atoms with E-state index in [2.05, 4.69) is 15.7 Å². The largest absolute Gasteiger partial charge is 0.351 e. The maximum Gasteiger partial charge on any atom is 0.237 e. The summed E-state index contributed by atoms with van der Waals surface area (Å²) in [5.74, 6) is 0.0938. The molecule has 0 bridgehead atoms. The second-order valence-corrected chi connectivity index (χ2v) is 3.89. The van der Waals surface area contributed by atoms with Crippen molar-refractivity contribution in [3.8, 4) is 0 Å². The molecule has 1 amide bonds. The third-order valence-corrected chi connectivity index (χ3v) is 2.60. The molecule has 0 spiro atoms. The van der Waals surface area contributed by atoms with E-state index in [9.17, 15) is 4.79 Å². The van der Waals surface area contributed by atoms with Gasteiger partial charge < -0.3 is 10.6 Å². The van der Waals surface area contributed by atoms with E-state index in [-0.39, 0.29) is 24.4 Å². The third-order valence-electron chi connectivity index (χ3n) is 2.60. The van der Waals surface area contributed by atoms with E-state index in [0.717, 1.165) is 24.9 Å². The van der Waals surface area contributed by atoms with Crippen LogP contribution in [-0.2, 0) is 18.4 Å². The van der Waals surface area contributed by atoms with Gasteiger partial charge in [-0.05, 0) is 19.4 Å². The van der Waals surface area contributed by atoms with Crippen molar-refractivity contribution in [2.24, 2.45) is 7.05 Å². The van der Waals surface area contributed by atoms with E-state index >= 15 is 0 Å². The van der Waals surface area contributed by atoms with Crippen LogP contribution in [-0.4, -0.2) is 28.3 Å². The van der Waals surface area contributed by atoms with Crippen molar-refractivity contribution in [2.75, 3.05) is 6.54 Å². The molecule has 1 aliphatic heterocycles. The van der Waals surface area contributed by atoms with Gasteiger partial charge in [-0.25, -0.2) is 0 Å². The summed E-state index contributed by atoms with van der Waals surface area (Å²) >= 11 is 0. The van der Waals surface area contributed by atoms with Gasteiger partial charge in [0.15, 0.2) is 0 Å². The lowest BCUT2D eigenvalue weighted by Crippen LogP contribution is -2.39. The monoisotopic (exact) mass is 244 g/mol. The lowest BCUT2D eigenvalue weighted by molar-refractivity contribution is -0.122. The minimum atomic E-state index is 0. The Kier molecular flexibility index (Phi) is 4.76. The molecule has 0 unspecified atom stereocenters. The Morgan fingerprint density at radius 3 is 3.12 bits per heavy atom. The summed E-state index contributed by atoms with van der Waals surface area (Å²) in [5, 5.41) is 10.1. The predicted molar refractivity (Wildman–Crippen MR) is 63.3 cm³/mol. The Balaban J connectivity index is 0.00000128. The molecular formula is C10H17ClN4O. The highest BCUT2D eigenvalue weighted by Gasteiger charge is 2.21. The van der Waals surface area contributed by atoms with Gasteiger partial charge in [0.1, 0.15) is 0 Å². The van der Waals surface area contributed by atoms with Crippen LogP contribution >= 0.6 is 12.4 Å². The zero-order valence-electron chi connectivity index (χ0n) is 9.27. The predicted octanol–water partition coefficient (Wildman–Crippen LogP) is 0.210. The van der Waals surface area contributed by atoms with Gasteiger partial charge >= 0.3 is 0 Å². The second-order valence-electron chi connectivity index (χ2n) is 3.89. The van der Waals surface area contributed by atoms with Gasteiger partial charge in [0.2, 0.25) is 5.91 Å². The van der Waals surface area contributed by atoms with E-state index in [4.69, 9.17) is 0 Å². The molecular weight excluding hydrogens is 228 g/mol. The van der Waals surface area contributed by atoms with E-state index in [1.165, 1.54) is 0 Å². The zero-order chi connectivity index (χ0) is 10.7.